The molecule has 0 fully saturated rings. The molecule has 5 N–H and O–H groups in total. The predicted octanol–water partition coefficient (Wildman–Crippen LogP) is 4.30. The van der Waals surface area contributed by atoms with Crippen LogP contribution in [0.25, 0.3) is 0 Å². The summed E-state index contributed by atoms with van der Waals surface area (Å²) >= 11 is 4.59. The monoisotopic (exact) mass is 939 g/mol. The van der Waals surface area contributed by atoms with Crippen molar-refractivity contribution >= 4 is 80.2 Å². The molecule has 1 aliphatic rings. The number of hydrogen-bond acceptors (Lipinski definition) is 17. The molecule has 0 spiro atoms. The second kappa shape index (κ2) is 23.5. The summed E-state index contributed by atoms with van der Waals surface area (Å²) in [6.07, 6.45) is 0.775. The smallest absolute Gasteiger partial charge is 0.421 e. The molecule has 342 valence electrons. The van der Waals surface area contributed by atoms with E-state index in [1.54, 1.807) is 95.3 Å². The summed E-state index contributed by atoms with van der Waals surface area (Å²) in [7, 11) is -2.90. The average Bonchev–Trinajstić information content (AvgIpc) is 3.70. The summed E-state index contributed by atoms with van der Waals surface area (Å²) < 4.78 is 16.2. The number of ether oxygens (including phenoxy) is 2. The van der Waals surface area contributed by atoms with Crippen molar-refractivity contribution in [1.29, 1.82) is 0 Å². The molecule has 7 atom stereocenters. The van der Waals surface area contributed by atoms with E-state index in [1.807, 2.05) is 0 Å². The SMILES string of the molecule is CCC(C)C(NC(=O)C(CC1=C[N@+](C(=O)C(N)Cc2ccccc2)(C(=O)[C@@H](N)CS)C=N1)N(Sc1ncccc1[N+](=O)[O-])C(=O)OC(C)(C)C)O[P+]([O-])=CC(=O)OCc1ccccc1. The third-order valence-electron chi connectivity index (χ3n) is 9.41. The van der Waals surface area contributed by atoms with Crippen LogP contribution < -0.4 is 21.7 Å². The maximum Gasteiger partial charge on any atom is 0.421 e. The molecule has 4 amide bonds. The molecule has 19 nitrogen and oxygen atoms in total. The molecule has 0 bridgehead atoms. The fourth-order valence-electron chi connectivity index (χ4n) is 5.92. The molecule has 2 heterocycles. The Labute approximate surface area is 381 Å². The van der Waals surface area contributed by atoms with Crippen molar-refractivity contribution < 1.29 is 52.3 Å². The Hall–Kier alpha value is -5.38. The van der Waals surface area contributed by atoms with Crippen molar-refractivity contribution in [3.8, 4) is 0 Å². The number of rotatable bonds is 20. The van der Waals surface area contributed by atoms with Crippen LogP contribution in [0.4, 0.5) is 10.5 Å². The van der Waals surface area contributed by atoms with Gasteiger partial charge in [0.05, 0.1) is 4.92 Å². The Morgan fingerprint density at radius 2 is 1.61 bits per heavy atom. The third-order valence-corrected chi connectivity index (χ3v) is 11.7. The van der Waals surface area contributed by atoms with E-state index in [2.05, 4.69) is 27.9 Å². The van der Waals surface area contributed by atoms with Gasteiger partial charge in [0.1, 0.15) is 42.2 Å². The first-order valence-corrected chi connectivity index (χ1v) is 22.6. The number of hydrogen-bond donors (Lipinski definition) is 4. The minimum Gasteiger partial charge on any atom is -0.603 e. The molecule has 0 saturated carbocycles. The molecular formula is C42H52N8O11PS2+. The van der Waals surface area contributed by atoms with Gasteiger partial charge in [-0.15, -0.1) is 4.48 Å². The van der Waals surface area contributed by atoms with Gasteiger partial charge in [0.25, 0.3) is 0 Å². The molecule has 1 aliphatic heterocycles. The highest BCUT2D eigenvalue weighted by Crippen LogP contribution is 2.35. The standard InChI is InChI=1S/C42H51N8O11PS2/c1-6-27(2)37(61-62(58)24-35(51)59-23-29-16-11-8-12-17-29)47-36(52)34(48(41(55)60-42(3,4)5)64-38-33(49(56)57)18-13-19-45-38)21-30-22-50(26-46-30,40(54)32(44)25-63)39(53)31(43)20-28-14-9-7-10-15-28/h7-19,22,24,26-27,31-32,34,37H,6,20-21,23,25,43-44H2,1-5H3,(H-,47,52,63)/p+1/t27?,31?,32-,34?,37?,50-/m0/s1. The van der Waals surface area contributed by atoms with E-state index >= 15 is 0 Å². The van der Waals surface area contributed by atoms with Crippen LogP contribution in [0.5, 0.6) is 0 Å². The van der Waals surface area contributed by atoms with Crippen molar-refractivity contribution in [1.82, 2.24) is 14.6 Å². The fraction of sp³-hybridized carbons (Fsp3) is 0.381. The molecule has 0 aliphatic carbocycles. The summed E-state index contributed by atoms with van der Waals surface area (Å²) in [5.41, 5.74) is 12.2. The number of amides is 4. The highest BCUT2D eigenvalue weighted by Gasteiger charge is 2.51. The van der Waals surface area contributed by atoms with E-state index in [9.17, 15) is 39.0 Å². The largest absolute Gasteiger partial charge is 0.603 e. The van der Waals surface area contributed by atoms with Gasteiger partial charge in [-0.05, 0) is 44.4 Å². The van der Waals surface area contributed by atoms with Crippen molar-refractivity contribution in [3.05, 3.63) is 112 Å². The number of imide groups is 1. The van der Waals surface area contributed by atoms with E-state index in [4.69, 9.17) is 25.5 Å². The van der Waals surface area contributed by atoms with Gasteiger partial charge in [-0.3, -0.25) is 14.9 Å². The Bertz CT molecular complexity index is 2250. The van der Waals surface area contributed by atoms with E-state index in [0.717, 1.165) is 28.7 Å². The second-order valence-electron chi connectivity index (χ2n) is 15.5. The number of carbonyl (C=O) groups is 5. The van der Waals surface area contributed by atoms with Crippen molar-refractivity contribution in [2.24, 2.45) is 22.4 Å². The lowest BCUT2D eigenvalue weighted by Crippen LogP contribution is -2.62. The summed E-state index contributed by atoms with van der Waals surface area (Å²) in [6, 6.07) is 15.8. The summed E-state index contributed by atoms with van der Waals surface area (Å²) in [6.45, 7) is 8.02. The first-order chi connectivity index (χ1) is 30.3. The van der Waals surface area contributed by atoms with Crippen molar-refractivity contribution in [2.45, 2.75) is 95.5 Å². The first-order valence-electron chi connectivity index (χ1n) is 20.0. The zero-order chi connectivity index (χ0) is 47.2. The van der Waals surface area contributed by atoms with Crippen LogP contribution in [0.1, 0.15) is 58.6 Å². The number of quaternary nitrogens is 1. The molecular weight excluding hydrogens is 888 g/mol. The van der Waals surface area contributed by atoms with E-state index in [1.165, 1.54) is 12.3 Å². The molecule has 5 unspecified atom stereocenters. The lowest BCUT2D eigenvalue weighted by molar-refractivity contribution is -0.619. The molecule has 0 saturated heterocycles. The molecule has 0 radical (unpaired) electrons. The molecule has 22 heteroatoms. The molecule has 2 aromatic carbocycles. The van der Waals surface area contributed by atoms with Crippen LogP contribution in [-0.4, -0.2) is 96.3 Å². The molecule has 64 heavy (non-hydrogen) atoms. The van der Waals surface area contributed by atoms with E-state index in [0.29, 0.717) is 29.5 Å². The van der Waals surface area contributed by atoms with Crippen LogP contribution >= 0.6 is 32.6 Å². The minimum atomic E-state index is -2.90. The van der Waals surface area contributed by atoms with Crippen molar-refractivity contribution in [2.75, 3.05) is 5.75 Å². The van der Waals surface area contributed by atoms with Crippen molar-refractivity contribution in [3.63, 3.8) is 0 Å². The Morgan fingerprint density at radius 3 is 2.20 bits per heavy atom. The number of pyridine rings is 1. The highest BCUT2D eigenvalue weighted by atomic mass is 32.2. The fourth-order valence-corrected chi connectivity index (χ4v) is 7.81. The average molecular weight is 940 g/mol. The number of nitro groups is 1. The van der Waals surface area contributed by atoms with Crippen LogP contribution in [0.15, 0.2) is 101 Å². The van der Waals surface area contributed by atoms with Gasteiger partial charge in [0, 0.05) is 48.7 Å². The van der Waals surface area contributed by atoms with Crippen LogP contribution in [0.2, 0.25) is 0 Å². The Morgan fingerprint density at radius 1 is 0.984 bits per heavy atom. The number of aromatic nitrogens is 1. The summed E-state index contributed by atoms with van der Waals surface area (Å²) in [5, 5.41) is 14.5. The Balaban J connectivity index is 1.79. The summed E-state index contributed by atoms with van der Waals surface area (Å²) in [4.78, 5) is 103. The number of esters is 1. The van der Waals surface area contributed by atoms with Gasteiger partial charge in [0.2, 0.25) is 26.0 Å². The Kier molecular flexibility index (Phi) is 18.8. The van der Waals surface area contributed by atoms with Crippen LogP contribution in [0.3, 0.4) is 0 Å². The maximum absolute atomic E-state index is 14.8. The zero-order valence-electron chi connectivity index (χ0n) is 35.8. The van der Waals surface area contributed by atoms with Gasteiger partial charge in [-0.25, -0.2) is 33.5 Å². The van der Waals surface area contributed by atoms with E-state index in [-0.39, 0.29) is 29.5 Å². The number of carbonyl (C=O) groups excluding carboxylic acids is 5. The lowest BCUT2D eigenvalue weighted by Gasteiger charge is -2.32. The molecule has 3 aromatic rings. The topological polar surface area (TPSA) is 272 Å². The number of thiol groups is 1. The first kappa shape index (κ1) is 51.3. The predicted molar refractivity (Wildman–Crippen MR) is 242 cm³/mol. The van der Waals surface area contributed by atoms with Gasteiger partial charge in [-0.2, -0.15) is 17.2 Å². The number of nitrogens with two attached hydrogens (primary N) is 2. The van der Waals surface area contributed by atoms with Gasteiger partial charge < -0.3 is 31.2 Å². The van der Waals surface area contributed by atoms with Crippen LogP contribution in [0, 0.1) is 16.0 Å². The lowest BCUT2D eigenvalue weighted by atomic mass is 10.0. The quantitative estimate of drug-likeness (QED) is 0.0180. The zero-order valence-corrected chi connectivity index (χ0v) is 38.4. The van der Waals surface area contributed by atoms with Crippen LogP contribution in [-0.2, 0) is 46.2 Å². The summed E-state index contributed by atoms with van der Waals surface area (Å²) in [5.74, 6) is -3.56. The number of nitrogens with zero attached hydrogens (tertiary/aromatic N) is 5. The molecule has 4 rings (SSSR count). The third kappa shape index (κ3) is 14.3. The normalized spacial score (nSPS) is 17.3. The number of aliphatic imine (C=N–C) groups is 1. The van der Waals surface area contributed by atoms with Gasteiger partial charge in [-0.1, -0.05) is 74.5 Å². The van der Waals surface area contributed by atoms with Gasteiger partial charge in [0.15, 0.2) is 11.3 Å². The number of benzene rings is 2. The second-order valence-corrected chi connectivity index (χ2v) is 17.9. The van der Waals surface area contributed by atoms with Gasteiger partial charge >= 0.3 is 29.6 Å². The number of nitrogens with one attached hydrogen (secondary N) is 1. The minimum absolute atomic E-state index is 0.0401. The van der Waals surface area contributed by atoms with E-state index < -0.39 is 95.2 Å². The maximum atomic E-state index is 14.8. The highest BCUT2D eigenvalue weighted by molar-refractivity contribution is 7.97. The molecule has 1 aromatic heterocycles.